The van der Waals surface area contributed by atoms with E-state index in [0.29, 0.717) is 36.2 Å². The molecule has 8 heteroatoms. The van der Waals surface area contributed by atoms with Crippen LogP contribution >= 0.6 is 0 Å². The average molecular weight is 307 g/mol. The number of amides is 1. The Morgan fingerprint density at radius 1 is 1.40 bits per heavy atom. The highest BCUT2D eigenvalue weighted by atomic mass is 32.2. The maximum absolute atomic E-state index is 11.8. The van der Waals surface area contributed by atoms with Gasteiger partial charge in [0.2, 0.25) is 5.91 Å². The molecule has 1 atom stereocenters. The minimum absolute atomic E-state index is 0.0743. The van der Waals surface area contributed by atoms with Gasteiger partial charge in [0.05, 0.1) is 33.2 Å². The van der Waals surface area contributed by atoms with Gasteiger partial charge in [-0.25, -0.2) is 0 Å². The third-order valence-corrected chi connectivity index (χ3v) is 4.33. The molecule has 1 amide bonds. The minimum atomic E-state index is -4.17. The minimum Gasteiger partial charge on any atom is -0.386 e. The van der Waals surface area contributed by atoms with E-state index in [2.05, 4.69) is 6.58 Å². The number of likely N-dealkylation sites (N-methyl/N-ethyl adjacent to an activating group) is 1. The molecule has 0 saturated carbocycles. The fraction of sp³-hybridized carbons (Fsp3) is 0.750. The van der Waals surface area contributed by atoms with Gasteiger partial charge in [0.1, 0.15) is 18.4 Å². The van der Waals surface area contributed by atoms with Gasteiger partial charge in [-0.2, -0.15) is 8.42 Å². The third-order valence-electron chi connectivity index (χ3n) is 3.53. The van der Waals surface area contributed by atoms with Crippen LogP contribution in [0, 0.1) is 0 Å². The molecular formula is C12H23N2O5S+. The zero-order chi connectivity index (χ0) is 15.6. The van der Waals surface area contributed by atoms with Gasteiger partial charge in [0.25, 0.3) is 10.1 Å². The van der Waals surface area contributed by atoms with E-state index >= 15 is 0 Å². The summed E-state index contributed by atoms with van der Waals surface area (Å²) >= 11 is 0. The predicted molar refractivity (Wildman–Crippen MR) is 74.6 cm³/mol. The van der Waals surface area contributed by atoms with Crippen LogP contribution < -0.4 is 0 Å². The van der Waals surface area contributed by atoms with Gasteiger partial charge in [0.15, 0.2) is 0 Å². The van der Waals surface area contributed by atoms with Gasteiger partial charge < -0.3 is 14.5 Å². The number of nitrogens with zero attached hydrogens (tertiary/aromatic N) is 2. The van der Waals surface area contributed by atoms with Crippen LogP contribution in [0.2, 0.25) is 0 Å². The molecule has 0 aliphatic carbocycles. The largest absolute Gasteiger partial charge is 0.386 e. The molecule has 1 aliphatic heterocycles. The number of hydrogen-bond donors (Lipinski definition) is 2. The molecule has 0 aromatic heterocycles. The van der Waals surface area contributed by atoms with Crippen molar-refractivity contribution in [3.8, 4) is 0 Å². The first-order chi connectivity index (χ1) is 9.02. The van der Waals surface area contributed by atoms with Crippen molar-refractivity contribution in [3.63, 3.8) is 0 Å². The smallest absolute Gasteiger partial charge is 0.267 e. The number of aliphatic hydroxyl groups excluding tert-OH is 1. The molecule has 0 bridgehead atoms. The van der Waals surface area contributed by atoms with Crippen molar-refractivity contribution in [1.29, 1.82) is 0 Å². The van der Waals surface area contributed by atoms with Crippen LogP contribution in [0.1, 0.15) is 6.92 Å². The first kappa shape index (κ1) is 17.1. The molecule has 20 heavy (non-hydrogen) atoms. The Balaban J connectivity index is 2.54. The summed E-state index contributed by atoms with van der Waals surface area (Å²) in [6.45, 7) is 7.86. The highest BCUT2D eigenvalue weighted by Crippen LogP contribution is 2.13. The SMILES string of the molecule is C=C(C)C(=O)N1CC[N+](C)(CC(O)CS(=O)(=O)O)CC1. The van der Waals surface area contributed by atoms with Gasteiger partial charge >= 0.3 is 0 Å². The summed E-state index contributed by atoms with van der Waals surface area (Å²) in [5.74, 6) is -0.732. The van der Waals surface area contributed by atoms with Crippen LogP contribution in [-0.2, 0) is 14.9 Å². The molecule has 1 saturated heterocycles. The molecular weight excluding hydrogens is 284 g/mol. The molecule has 0 aromatic rings. The fourth-order valence-electron chi connectivity index (χ4n) is 2.41. The first-order valence-corrected chi connectivity index (χ1v) is 8.05. The average Bonchev–Trinajstić information content (AvgIpc) is 2.25. The van der Waals surface area contributed by atoms with E-state index in [4.69, 9.17) is 4.55 Å². The molecule has 1 rings (SSSR count). The second-order valence-corrected chi connectivity index (χ2v) is 7.22. The second kappa shape index (κ2) is 6.21. The van der Waals surface area contributed by atoms with Crippen LogP contribution in [0.25, 0.3) is 0 Å². The van der Waals surface area contributed by atoms with Gasteiger partial charge in [-0.15, -0.1) is 0 Å². The Labute approximate surface area is 119 Å². The standard InChI is InChI=1S/C12H22N2O5S/c1-10(2)12(16)13-4-6-14(3,7-5-13)8-11(15)9-20(17,18)19/h11,15H,1,4-9H2,2-3H3/p+1. The van der Waals surface area contributed by atoms with Crippen molar-refractivity contribution in [2.75, 3.05) is 45.5 Å². The van der Waals surface area contributed by atoms with Crippen molar-refractivity contribution in [3.05, 3.63) is 12.2 Å². The van der Waals surface area contributed by atoms with Crippen molar-refractivity contribution >= 4 is 16.0 Å². The van der Waals surface area contributed by atoms with E-state index < -0.39 is 22.0 Å². The Hall–Kier alpha value is -0.960. The van der Waals surface area contributed by atoms with Crippen molar-refractivity contribution in [1.82, 2.24) is 4.90 Å². The van der Waals surface area contributed by atoms with Crippen molar-refractivity contribution in [2.45, 2.75) is 13.0 Å². The maximum Gasteiger partial charge on any atom is 0.267 e. The molecule has 1 fully saturated rings. The van der Waals surface area contributed by atoms with E-state index in [1.807, 2.05) is 7.05 Å². The summed E-state index contributed by atoms with van der Waals surface area (Å²) in [5, 5.41) is 9.72. The Kier molecular flexibility index (Phi) is 5.31. The maximum atomic E-state index is 11.8. The van der Waals surface area contributed by atoms with E-state index in [9.17, 15) is 18.3 Å². The highest BCUT2D eigenvalue weighted by Gasteiger charge is 2.33. The number of piperazine rings is 1. The van der Waals surface area contributed by atoms with E-state index in [1.54, 1.807) is 11.8 Å². The summed E-state index contributed by atoms with van der Waals surface area (Å²) in [6, 6.07) is 0. The van der Waals surface area contributed by atoms with Crippen LogP contribution in [-0.4, -0.2) is 85.0 Å². The Morgan fingerprint density at radius 3 is 2.30 bits per heavy atom. The molecule has 0 spiro atoms. The number of quaternary nitrogens is 1. The van der Waals surface area contributed by atoms with Gasteiger partial charge in [-0.05, 0) is 6.92 Å². The van der Waals surface area contributed by atoms with Crippen molar-refractivity contribution in [2.24, 2.45) is 0 Å². The van der Waals surface area contributed by atoms with Gasteiger partial charge in [0, 0.05) is 5.57 Å². The van der Waals surface area contributed by atoms with E-state index in [-0.39, 0.29) is 12.5 Å². The summed E-state index contributed by atoms with van der Waals surface area (Å²) in [7, 11) is -2.27. The number of hydrogen-bond acceptors (Lipinski definition) is 4. The quantitative estimate of drug-likeness (QED) is 0.390. The van der Waals surface area contributed by atoms with Crippen LogP contribution in [0.15, 0.2) is 12.2 Å². The molecule has 0 radical (unpaired) electrons. The number of carbonyl (C=O) groups excluding carboxylic acids is 1. The first-order valence-electron chi connectivity index (χ1n) is 6.44. The second-order valence-electron chi connectivity index (χ2n) is 5.72. The lowest BCUT2D eigenvalue weighted by atomic mass is 10.2. The fourth-order valence-corrected chi connectivity index (χ4v) is 3.00. The van der Waals surface area contributed by atoms with Gasteiger partial charge in [-0.1, -0.05) is 6.58 Å². The lowest BCUT2D eigenvalue weighted by molar-refractivity contribution is -0.915. The normalized spacial score (nSPS) is 20.5. The third kappa shape index (κ3) is 5.20. The zero-order valence-corrected chi connectivity index (χ0v) is 12.8. The zero-order valence-electron chi connectivity index (χ0n) is 11.9. The molecule has 1 aliphatic rings. The highest BCUT2D eigenvalue weighted by molar-refractivity contribution is 7.85. The van der Waals surface area contributed by atoms with Crippen LogP contribution in [0.4, 0.5) is 0 Å². The number of aliphatic hydroxyl groups is 1. The molecule has 1 unspecified atom stereocenters. The molecule has 2 N–H and O–H groups in total. The molecule has 116 valence electrons. The summed E-state index contributed by atoms with van der Waals surface area (Å²) < 4.78 is 30.6. The number of carbonyl (C=O) groups is 1. The monoisotopic (exact) mass is 307 g/mol. The van der Waals surface area contributed by atoms with E-state index in [1.165, 1.54) is 0 Å². The predicted octanol–water partition coefficient (Wildman–Crippen LogP) is -0.900. The van der Waals surface area contributed by atoms with E-state index in [0.717, 1.165) is 0 Å². The summed E-state index contributed by atoms with van der Waals surface area (Å²) in [6.07, 6.45) is -1.11. The Morgan fingerprint density at radius 2 is 1.90 bits per heavy atom. The summed E-state index contributed by atoms with van der Waals surface area (Å²) in [4.78, 5) is 13.5. The van der Waals surface area contributed by atoms with Crippen LogP contribution in [0.3, 0.4) is 0 Å². The van der Waals surface area contributed by atoms with Crippen LogP contribution in [0.5, 0.6) is 0 Å². The molecule has 1 heterocycles. The summed E-state index contributed by atoms with van der Waals surface area (Å²) in [5.41, 5.74) is 0.493. The lowest BCUT2D eigenvalue weighted by Crippen LogP contribution is -2.61. The molecule has 0 aromatic carbocycles. The van der Waals surface area contributed by atoms with Crippen molar-refractivity contribution < 1.29 is 27.4 Å². The Bertz CT molecular complexity index is 480. The molecule has 7 nitrogen and oxygen atoms in total. The number of rotatable bonds is 5. The lowest BCUT2D eigenvalue weighted by Gasteiger charge is -2.42. The topological polar surface area (TPSA) is 94.9 Å². The van der Waals surface area contributed by atoms with Gasteiger partial charge in [-0.3, -0.25) is 9.35 Å².